The van der Waals surface area contributed by atoms with E-state index < -0.39 is 0 Å². The number of halogens is 2. The van der Waals surface area contributed by atoms with Gasteiger partial charge in [-0.25, -0.2) is 4.98 Å². The molecule has 0 aliphatic heterocycles. The zero-order valence-electron chi connectivity index (χ0n) is 14.9. The van der Waals surface area contributed by atoms with Crippen molar-refractivity contribution >= 4 is 57.0 Å². The summed E-state index contributed by atoms with van der Waals surface area (Å²) in [6.07, 6.45) is 3.48. The minimum Gasteiger partial charge on any atom is -0.332 e. The lowest BCUT2D eigenvalue weighted by atomic mass is 10.2. The number of pyridine rings is 1. The first-order valence-electron chi connectivity index (χ1n) is 8.57. The molecule has 5 nitrogen and oxygen atoms in total. The molecule has 0 aliphatic rings. The molecule has 4 aromatic rings. The number of hydrogen-bond acceptors (Lipinski definition) is 5. The van der Waals surface area contributed by atoms with Crippen LogP contribution < -0.4 is 10.6 Å². The van der Waals surface area contributed by atoms with E-state index >= 15 is 0 Å². The van der Waals surface area contributed by atoms with Crippen LogP contribution in [0.25, 0.3) is 11.3 Å². The van der Waals surface area contributed by atoms with Crippen molar-refractivity contribution in [3.8, 4) is 11.3 Å². The second-order valence-electron chi connectivity index (χ2n) is 6.09. The highest BCUT2D eigenvalue weighted by molar-refractivity contribution is 7.14. The van der Waals surface area contributed by atoms with Gasteiger partial charge in [-0.05, 0) is 54.6 Å². The SMILES string of the molecule is O=C(Nc1ccc(Nc2nc(-c3ccncc3)cs2)cc1)c1cc(Cl)cc(Cl)c1. The third-order valence-corrected chi connectivity index (χ3v) is 5.19. The van der Waals surface area contributed by atoms with Gasteiger partial charge in [-0.3, -0.25) is 9.78 Å². The van der Waals surface area contributed by atoms with Gasteiger partial charge in [-0.15, -0.1) is 11.3 Å². The van der Waals surface area contributed by atoms with Crippen molar-refractivity contribution in [2.24, 2.45) is 0 Å². The van der Waals surface area contributed by atoms with Gasteiger partial charge in [-0.2, -0.15) is 0 Å². The van der Waals surface area contributed by atoms with Crippen molar-refractivity contribution in [2.45, 2.75) is 0 Å². The first-order chi connectivity index (χ1) is 14.1. The maximum Gasteiger partial charge on any atom is 0.255 e. The standard InChI is InChI=1S/C21H14Cl2N4OS/c22-15-9-14(10-16(23)11-15)20(28)25-17-1-3-18(4-2-17)26-21-27-19(12-29-21)13-5-7-24-8-6-13/h1-12H,(H,25,28)(H,26,27). The second-order valence-corrected chi connectivity index (χ2v) is 7.82. The number of aromatic nitrogens is 2. The Hall–Kier alpha value is -2.93. The minimum atomic E-state index is -0.281. The van der Waals surface area contributed by atoms with E-state index in [1.54, 1.807) is 30.6 Å². The lowest BCUT2D eigenvalue weighted by Crippen LogP contribution is -2.11. The van der Waals surface area contributed by atoms with Crippen LogP contribution in [0.15, 0.2) is 72.4 Å². The number of benzene rings is 2. The summed E-state index contributed by atoms with van der Waals surface area (Å²) in [4.78, 5) is 21.0. The number of carbonyl (C=O) groups is 1. The number of nitrogens with zero attached hydrogens (tertiary/aromatic N) is 2. The molecule has 2 aromatic heterocycles. The summed E-state index contributed by atoms with van der Waals surface area (Å²) in [5.41, 5.74) is 3.83. The number of thiazole rings is 1. The first-order valence-corrected chi connectivity index (χ1v) is 10.2. The largest absolute Gasteiger partial charge is 0.332 e. The second kappa shape index (κ2) is 8.61. The summed E-state index contributed by atoms with van der Waals surface area (Å²) in [5, 5.41) is 9.69. The normalized spacial score (nSPS) is 10.6. The van der Waals surface area contributed by atoms with Crippen LogP contribution in [0.4, 0.5) is 16.5 Å². The van der Waals surface area contributed by atoms with Gasteiger partial charge in [0, 0.05) is 50.3 Å². The molecule has 0 bridgehead atoms. The van der Waals surface area contributed by atoms with Crippen molar-refractivity contribution in [3.63, 3.8) is 0 Å². The van der Waals surface area contributed by atoms with Crippen molar-refractivity contribution in [1.82, 2.24) is 9.97 Å². The summed E-state index contributed by atoms with van der Waals surface area (Å²) in [6.45, 7) is 0. The molecule has 2 heterocycles. The fraction of sp³-hybridized carbons (Fsp3) is 0. The highest BCUT2D eigenvalue weighted by atomic mass is 35.5. The molecule has 29 heavy (non-hydrogen) atoms. The van der Waals surface area contributed by atoms with Gasteiger partial charge in [0.2, 0.25) is 0 Å². The van der Waals surface area contributed by atoms with Crippen molar-refractivity contribution in [1.29, 1.82) is 0 Å². The number of amides is 1. The van der Waals surface area contributed by atoms with E-state index in [0.717, 1.165) is 22.1 Å². The summed E-state index contributed by atoms with van der Waals surface area (Å²) < 4.78 is 0. The van der Waals surface area contributed by atoms with Crippen LogP contribution >= 0.6 is 34.5 Å². The van der Waals surface area contributed by atoms with E-state index in [0.29, 0.717) is 21.3 Å². The van der Waals surface area contributed by atoms with Crippen LogP contribution in [0.1, 0.15) is 10.4 Å². The Bertz CT molecular complexity index is 1130. The third kappa shape index (κ3) is 4.92. The quantitative estimate of drug-likeness (QED) is 0.371. The fourth-order valence-electron chi connectivity index (χ4n) is 2.63. The molecule has 0 fully saturated rings. The molecule has 0 radical (unpaired) electrons. The maximum absolute atomic E-state index is 12.4. The molecular formula is C21H14Cl2N4OS. The van der Waals surface area contributed by atoms with Crippen LogP contribution in [0.3, 0.4) is 0 Å². The topological polar surface area (TPSA) is 66.9 Å². The summed E-state index contributed by atoms with van der Waals surface area (Å²) in [7, 11) is 0. The summed E-state index contributed by atoms with van der Waals surface area (Å²) >= 11 is 13.4. The Morgan fingerprint density at radius 1 is 0.897 bits per heavy atom. The molecule has 0 unspecified atom stereocenters. The monoisotopic (exact) mass is 440 g/mol. The smallest absolute Gasteiger partial charge is 0.255 e. The Kier molecular flexibility index (Phi) is 5.76. The molecule has 8 heteroatoms. The molecule has 0 saturated heterocycles. The van der Waals surface area contributed by atoms with E-state index in [-0.39, 0.29) is 5.91 Å². The molecular weight excluding hydrogens is 427 g/mol. The predicted molar refractivity (Wildman–Crippen MR) is 119 cm³/mol. The molecule has 1 amide bonds. The first kappa shape index (κ1) is 19.4. The van der Waals surface area contributed by atoms with Crippen LogP contribution in [-0.4, -0.2) is 15.9 Å². The number of carbonyl (C=O) groups excluding carboxylic acids is 1. The van der Waals surface area contributed by atoms with Gasteiger partial charge in [-0.1, -0.05) is 23.2 Å². The Morgan fingerprint density at radius 3 is 2.24 bits per heavy atom. The average Bonchev–Trinajstić information content (AvgIpc) is 3.18. The maximum atomic E-state index is 12.4. The zero-order chi connectivity index (χ0) is 20.2. The molecule has 144 valence electrons. The minimum absolute atomic E-state index is 0.281. The molecule has 0 atom stereocenters. The predicted octanol–water partition coefficient (Wildman–Crippen LogP) is 6.51. The molecule has 0 aliphatic carbocycles. The van der Waals surface area contributed by atoms with Crippen LogP contribution in [-0.2, 0) is 0 Å². The Balaban J connectivity index is 1.42. The highest BCUT2D eigenvalue weighted by Crippen LogP contribution is 2.27. The van der Waals surface area contributed by atoms with E-state index in [2.05, 4.69) is 20.6 Å². The molecule has 0 saturated carbocycles. The average molecular weight is 441 g/mol. The highest BCUT2D eigenvalue weighted by Gasteiger charge is 2.09. The summed E-state index contributed by atoms with van der Waals surface area (Å²) in [6, 6.07) is 15.9. The van der Waals surface area contributed by atoms with Crippen LogP contribution in [0.5, 0.6) is 0 Å². The molecule has 4 rings (SSSR count). The van der Waals surface area contributed by atoms with Crippen LogP contribution in [0.2, 0.25) is 10.0 Å². The van der Waals surface area contributed by atoms with Gasteiger partial charge in [0.15, 0.2) is 5.13 Å². The van der Waals surface area contributed by atoms with Crippen LogP contribution in [0, 0.1) is 0 Å². The summed E-state index contributed by atoms with van der Waals surface area (Å²) in [5.74, 6) is -0.281. The molecule has 2 aromatic carbocycles. The van der Waals surface area contributed by atoms with Gasteiger partial charge in [0.25, 0.3) is 5.91 Å². The molecule has 2 N–H and O–H groups in total. The van der Waals surface area contributed by atoms with E-state index in [1.807, 2.05) is 41.8 Å². The van der Waals surface area contributed by atoms with Gasteiger partial charge in [0.05, 0.1) is 5.69 Å². The van der Waals surface area contributed by atoms with Gasteiger partial charge < -0.3 is 10.6 Å². The number of nitrogens with one attached hydrogen (secondary N) is 2. The Morgan fingerprint density at radius 2 is 1.55 bits per heavy atom. The molecule has 0 spiro atoms. The van der Waals surface area contributed by atoms with Gasteiger partial charge >= 0.3 is 0 Å². The van der Waals surface area contributed by atoms with Crippen molar-refractivity contribution in [2.75, 3.05) is 10.6 Å². The van der Waals surface area contributed by atoms with Crippen molar-refractivity contribution < 1.29 is 4.79 Å². The number of hydrogen-bond donors (Lipinski definition) is 2. The third-order valence-electron chi connectivity index (χ3n) is 4.00. The van der Waals surface area contributed by atoms with E-state index in [1.165, 1.54) is 11.3 Å². The van der Waals surface area contributed by atoms with E-state index in [9.17, 15) is 4.79 Å². The lowest BCUT2D eigenvalue weighted by Gasteiger charge is -2.08. The van der Waals surface area contributed by atoms with E-state index in [4.69, 9.17) is 23.2 Å². The van der Waals surface area contributed by atoms with Gasteiger partial charge in [0.1, 0.15) is 0 Å². The fourth-order valence-corrected chi connectivity index (χ4v) is 3.90. The Labute approximate surface area is 181 Å². The number of rotatable bonds is 5. The zero-order valence-corrected chi connectivity index (χ0v) is 17.2. The van der Waals surface area contributed by atoms with Crippen molar-refractivity contribution in [3.05, 3.63) is 88.0 Å². The lowest BCUT2D eigenvalue weighted by molar-refractivity contribution is 0.102. The number of anilines is 3.